The van der Waals surface area contributed by atoms with Crippen molar-refractivity contribution >= 4 is 22.8 Å². The average Bonchev–Trinajstić information content (AvgIpc) is 2.03. The van der Waals surface area contributed by atoms with Gasteiger partial charge in [0.05, 0.1) is 12.1 Å². The van der Waals surface area contributed by atoms with Gasteiger partial charge in [0.2, 0.25) is 0 Å². The Morgan fingerprint density at radius 2 is 2.31 bits per heavy atom. The molecule has 1 saturated heterocycles. The first-order chi connectivity index (χ1) is 5.72. The van der Waals surface area contributed by atoms with Crippen LogP contribution in [0.5, 0.6) is 0 Å². The number of piperidine rings is 1. The Hall–Kier alpha value is -0.400. The highest BCUT2D eigenvalue weighted by Gasteiger charge is 2.20. The molecule has 13 heavy (non-hydrogen) atoms. The molecular formula is C9H15BrN2O. The van der Waals surface area contributed by atoms with Gasteiger partial charge in [-0.05, 0) is 26.2 Å². The van der Waals surface area contributed by atoms with Crippen molar-refractivity contribution in [3.8, 4) is 6.07 Å². The Bertz CT molecular complexity index is 212. The molecule has 74 valence electrons. The minimum Gasteiger partial charge on any atom is -0.300 e. The van der Waals surface area contributed by atoms with E-state index in [-0.39, 0.29) is 34.8 Å². The predicted octanol–water partition coefficient (Wildman–Crippen LogP) is 1.58. The first-order valence-electron chi connectivity index (χ1n) is 4.37. The zero-order chi connectivity index (χ0) is 8.97. The third kappa shape index (κ3) is 4.39. The summed E-state index contributed by atoms with van der Waals surface area (Å²) in [6, 6.07) is 2.38. The van der Waals surface area contributed by atoms with Crippen molar-refractivity contribution in [1.29, 1.82) is 5.26 Å². The molecule has 0 aromatic heterocycles. The molecule has 0 aliphatic carbocycles. The van der Waals surface area contributed by atoms with Crippen LogP contribution >= 0.6 is 17.0 Å². The molecule has 2 unspecified atom stereocenters. The van der Waals surface area contributed by atoms with E-state index in [9.17, 15) is 4.79 Å². The maximum atomic E-state index is 10.8. The molecule has 4 heteroatoms. The Kier molecular flexibility index (Phi) is 5.93. The van der Waals surface area contributed by atoms with E-state index >= 15 is 0 Å². The molecular weight excluding hydrogens is 232 g/mol. The third-order valence-electron chi connectivity index (χ3n) is 2.17. The number of Topliss-reactive ketones (excluding diaryl/α,β-unsaturated/α-hetero) is 1. The number of nitriles is 1. The van der Waals surface area contributed by atoms with Crippen molar-refractivity contribution in [3.63, 3.8) is 0 Å². The Balaban J connectivity index is 0.00000144. The van der Waals surface area contributed by atoms with E-state index in [0.717, 1.165) is 19.3 Å². The zero-order valence-corrected chi connectivity index (χ0v) is 9.46. The van der Waals surface area contributed by atoms with Gasteiger partial charge < -0.3 is 0 Å². The maximum Gasteiger partial charge on any atom is 0.131 e. The number of ketones is 1. The number of carbonyl (C=O) groups excluding carboxylic acids is 1. The van der Waals surface area contributed by atoms with Crippen LogP contribution in [-0.2, 0) is 4.79 Å². The minimum atomic E-state index is -0.0388. The summed E-state index contributed by atoms with van der Waals surface area (Å²) in [5.41, 5.74) is 0. The normalized spacial score (nSPS) is 27.1. The predicted molar refractivity (Wildman–Crippen MR) is 55.8 cm³/mol. The fraction of sp³-hybridized carbons (Fsp3) is 0.778. The van der Waals surface area contributed by atoms with Crippen LogP contribution in [0.4, 0.5) is 0 Å². The molecule has 2 atom stereocenters. The lowest BCUT2D eigenvalue weighted by Gasteiger charge is -2.26. The number of carbonyl (C=O) groups is 1. The molecule has 0 spiro atoms. The second-order valence-electron chi connectivity index (χ2n) is 3.38. The number of nitrogens with one attached hydrogen (secondary N) is 1. The molecule has 1 heterocycles. The van der Waals surface area contributed by atoms with Crippen molar-refractivity contribution in [2.24, 2.45) is 0 Å². The average molecular weight is 247 g/mol. The summed E-state index contributed by atoms with van der Waals surface area (Å²) >= 11 is 0. The van der Waals surface area contributed by atoms with Gasteiger partial charge in [-0.3, -0.25) is 10.1 Å². The van der Waals surface area contributed by atoms with Gasteiger partial charge >= 0.3 is 0 Å². The van der Waals surface area contributed by atoms with Crippen LogP contribution in [0.1, 0.15) is 32.6 Å². The smallest absolute Gasteiger partial charge is 0.131 e. The maximum absolute atomic E-state index is 10.8. The fourth-order valence-corrected chi connectivity index (χ4v) is 1.63. The summed E-state index contributed by atoms with van der Waals surface area (Å²) in [5.74, 6) is 0.200. The summed E-state index contributed by atoms with van der Waals surface area (Å²) in [7, 11) is 0. The first kappa shape index (κ1) is 12.6. The minimum absolute atomic E-state index is 0. The molecule has 1 rings (SSSR count). The molecule has 1 N–H and O–H groups in total. The summed E-state index contributed by atoms with van der Waals surface area (Å²) < 4.78 is 0. The third-order valence-corrected chi connectivity index (χ3v) is 2.17. The van der Waals surface area contributed by atoms with E-state index < -0.39 is 0 Å². The first-order valence-corrected chi connectivity index (χ1v) is 4.37. The van der Waals surface area contributed by atoms with Crippen LogP contribution < -0.4 is 5.32 Å². The number of hydrogen-bond donors (Lipinski definition) is 1. The van der Waals surface area contributed by atoms with Gasteiger partial charge in [-0.1, -0.05) is 0 Å². The Morgan fingerprint density at radius 1 is 1.62 bits per heavy atom. The van der Waals surface area contributed by atoms with Gasteiger partial charge in [0.25, 0.3) is 0 Å². The van der Waals surface area contributed by atoms with Gasteiger partial charge in [0, 0.05) is 12.5 Å². The number of hydrogen-bond acceptors (Lipinski definition) is 3. The van der Waals surface area contributed by atoms with Crippen molar-refractivity contribution in [3.05, 3.63) is 0 Å². The van der Waals surface area contributed by atoms with Crippen LogP contribution in [0.25, 0.3) is 0 Å². The van der Waals surface area contributed by atoms with Crippen LogP contribution in [0.2, 0.25) is 0 Å². The molecule has 0 radical (unpaired) electrons. The lowest BCUT2D eigenvalue weighted by atomic mass is 9.96. The van der Waals surface area contributed by atoms with Crippen molar-refractivity contribution in [2.75, 3.05) is 0 Å². The van der Waals surface area contributed by atoms with Gasteiger partial charge in [-0.15, -0.1) is 17.0 Å². The molecule has 1 aliphatic rings. The van der Waals surface area contributed by atoms with Crippen molar-refractivity contribution in [2.45, 2.75) is 44.7 Å². The van der Waals surface area contributed by atoms with E-state index in [2.05, 4.69) is 11.4 Å². The second-order valence-corrected chi connectivity index (χ2v) is 3.38. The summed E-state index contributed by atoms with van der Waals surface area (Å²) in [6.45, 7) is 1.59. The quantitative estimate of drug-likeness (QED) is 0.805. The SMILES string of the molecule is Br.CC(=O)CC1CCCC(C#N)N1. The summed E-state index contributed by atoms with van der Waals surface area (Å²) in [5, 5.41) is 11.8. The highest BCUT2D eigenvalue weighted by Crippen LogP contribution is 2.14. The van der Waals surface area contributed by atoms with E-state index in [1.807, 2.05) is 0 Å². The molecule has 1 fully saturated rings. The lowest BCUT2D eigenvalue weighted by Crippen LogP contribution is -2.42. The molecule has 3 nitrogen and oxygen atoms in total. The monoisotopic (exact) mass is 246 g/mol. The molecule has 1 aliphatic heterocycles. The Labute approximate surface area is 89.3 Å². The van der Waals surface area contributed by atoms with E-state index in [1.165, 1.54) is 0 Å². The number of nitrogens with zero attached hydrogens (tertiary/aromatic N) is 1. The van der Waals surface area contributed by atoms with E-state index in [1.54, 1.807) is 6.92 Å². The molecule has 0 aromatic rings. The summed E-state index contributed by atoms with van der Waals surface area (Å²) in [4.78, 5) is 10.8. The van der Waals surface area contributed by atoms with Crippen LogP contribution in [-0.4, -0.2) is 17.9 Å². The van der Waals surface area contributed by atoms with Crippen molar-refractivity contribution < 1.29 is 4.79 Å². The largest absolute Gasteiger partial charge is 0.300 e. The highest BCUT2D eigenvalue weighted by atomic mass is 79.9. The molecule has 0 bridgehead atoms. The van der Waals surface area contributed by atoms with E-state index in [4.69, 9.17) is 5.26 Å². The van der Waals surface area contributed by atoms with Crippen LogP contribution in [0, 0.1) is 11.3 Å². The van der Waals surface area contributed by atoms with Crippen LogP contribution in [0.3, 0.4) is 0 Å². The molecule has 0 aromatic carbocycles. The van der Waals surface area contributed by atoms with Crippen LogP contribution in [0.15, 0.2) is 0 Å². The lowest BCUT2D eigenvalue weighted by molar-refractivity contribution is -0.117. The van der Waals surface area contributed by atoms with E-state index in [0.29, 0.717) is 6.42 Å². The molecule has 0 amide bonds. The van der Waals surface area contributed by atoms with Gasteiger partial charge in [-0.2, -0.15) is 5.26 Å². The zero-order valence-electron chi connectivity index (χ0n) is 7.75. The van der Waals surface area contributed by atoms with Gasteiger partial charge in [0.1, 0.15) is 5.78 Å². The van der Waals surface area contributed by atoms with Gasteiger partial charge in [-0.25, -0.2) is 0 Å². The standard InChI is InChI=1S/C9H14N2O.BrH/c1-7(12)5-8-3-2-4-9(6-10)11-8;/h8-9,11H,2-5H2,1H3;1H. The second kappa shape index (κ2) is 6.11. The highest BCUT2D eigenvalue weighted by molar-refractivity contribution is 8.93. The van der Waals surface area contributed by atoms with Crippen molar-refractivity contribution in [1.82, 2.24) is 5.32 Å². The summed E-state index contributed by atoms with van der Waals surface area (Å²) in [6.07, 6.45) is 3.57. The van der Waals surface area contributed by atoms with Gasteiger partial charge in [0.15, 0.2) is 0 Å². The fourth-order valence-electron chi connectivity index (χ4n) is 1.63. The molecule has 0 saturated carbocycles. The Morgan fingerprint density at radius 3 is 2.85 bits per heavy atom. The number of halogens is 1. The number of rotatable bonds is 2. The topological polar surface area (TPSA) is 52.9 Å².